The Morgan fingerprint density at radius 1 is 0.206 bits per heavy atom. The van der Waals surface area contributed by atoms with Crippen molar-refractivity contribution in [2.75, 3.05) is 4.90 Å². The highest BCUT2D eigenvalue weighted by Crippen LogP contribution is 2.49. The fraction of sp³-hybridized carbons (Fsp3) is 0.455. The van der Waals surface area contributed by atoms with Crippen LogP contribution in [0, 0.1) is 104 Å². The lowest BCUT2D eigenvalue weighted by molar-refractivity contribution is 1.07. The van der Waals surface area contributed by atoms with Gasteiger partial charge in [0.05, 0.1) is 17.1 Å². The Kier molecular flexibility index (Phi) is 6.83. The van der Waals surface area contributed by atoms with Crippen molar-refractivity contribution < 1.29 is 0 Å². The second-order valence-electron chi connectivity index (χ2n) is 10.8. The van der Waals surface area contributed by atoms with E-state index >= 15 is 0 Å². The van der Waals surface area contributed by atoms with Crippen molar-refractivity contribution >= 4 is 17.1 Å². The van der Waals surface area contributed by atoms with Crippen LogP contribution in [0.1, 0.15) is 83.5 Å². The number of rotatable bonds is 3. The minimum absolute atomic E-state index is 1.35. The summed E-state index contributed by atoms with van der Waals surface area (Å²) < 4.78 is 0. The normalized spacial score (nSPS) is 11.4. The summed E-state index contributed by atoms with van der Waals surface area (Å²) in [6.45, 7) is 34.4. The molecule has 1 heteroatoms. The van der Waals surface area contributed by atoms with Crippen LogP contribution in [0.5, 0.6) is 0 Å². The van der Waals surface area contributed by atoms with Gasteiger partial charge < -0.3 is 4.90 Å². The van der Waals surface area contributed by atoms with Crippen LogP contribution in [0.15, 0.2) is 0 Å². The summed E-state index contributed by atoms with van der Waals surface area (Å²) in [6.07, 6.45) is 0. The summed E-state index contributed by atoms with van der Waals surface area (Å²) >= 11 is 0. The molecule has 0 aliphatic rings. The molecule has 0 unspecified atom stereocenters. The average molecular weight is 456 g/mol. The topological polar surface area (TPSA) is 3.24 Å². The van der Waals surface area contributed by atoms with Crippen molar-refractivity contribution in [2.24, 2.45) is 0 Å². The number of hydrogen-bond acceptors (Lipinski definition) is 1. The molecule has 0 aromatic heterocycles. The smallest absolute Gasteiger partial charge is 0.0525 e. The fourth-order valence-electron chi connectivity index (χ4n) is 5.78. The lowest BCUT2D eigenvalue weighted by Gasteiger charge is -2.37. The molecule has 0 N–H and O–H groups in total. The van der Waals surface area contributed by atoms with E-state index in [4.69, 9.17) is 0 Å². The zero-order chi connectivity index (χ0) is 26.0. The van der Waals surface area contributed by atoms with Gasteiger partial charge in [0.25, 0.3) is 0 Å². The third kappa shape index (κ3) is 3.60. The third-order valence-corrected chi connectivity index (χ3v) is 9.55. The minimum Gasteiger partial charge on any atom is -0.309 e. The van der Waals surface area contributed by atoms with Gasteiger partial charge in [0.1, 0.15) is 0 Å². The van der Waals surface area contributed by atoms with Crippen molar-refractivity contribution in [3.63, 3.8) is 0 Å². The summed E-state index contributed by atoms with van der Waals surface area (Å²) in [5, 5.41) is 0. The highest BCUT2D eigenvalue weighted by atomic mass is 15.2. The standard InChI is InChI=1S/C33H45N/c1-16-19(4)25(10)31(26(11)20(16)5)34(32-27(12)21(6)17(2)22(7)28(32)13)33-29(14)23(8)18(3)24(9)30(33)15/h1-15H3. The Morgan fingerprint density at radius 2 is 0.324 bits per heavy atom. The molecule has 3 aromatic carbocycles. The van der Waals surface area contributed by atoms with Crippen LogP contribution in [0.3, 0.4) is 0 Å². The maximum atomic E-state index is 2.64. The molecule has 0 aliphatic heterocycles. The molecular weight excluding hydrogens is 410 g/mol. The summed E-state index contributed by atoms with van der Waals surface area (Å²) in [6, 6.07) is 0. The number of hydrogen-bond donors (Lipinski definition) is 0. The summed E-state index contributed by atoms with van der Waals surface area (Å²) in [4.78, 5) is 2.64. The highest BCUT2D eigenvalue weighted by Gasteiger charge is 2.28. The molecule has 182 valence electrons. The molecule has 0 heterocycles. The van der Waals surface area contributed by atoms with Crippen LogP contribution < -0.4 is 4.90 Å². The van der Waals surface area contributed by atoms with Crippen LogP contribution in [-0.4, -0.2) is 0 Å². The molecule has 0 spiro atoms. The largest absolute Gasteiger partial charge is 0.309 e. The number of nitrogens with zero attached hydrogens (tertiary/aromatic N) is 1. The van der Waals surface area contributed by atoms with Crippen LogP contribution in [0.4, 0.5) is 17.1 Å². The van der Waals surface area contributed by atoms with Gasteiger partial charge in [-0.2, -0.15) is 0 Å². The van der Waals surface area contributed by atoms with Crippen LogP contribution in [0.2, 0.25) is 0 Å². The maximum Gasteiger partial charge on any atom is 0.0525 e. The van der Waals surface area contributed by atoms with E-state index in [0.717, 1.165) is 0 Å². The molecule has 0 saturated carbocycles. The predicted molar refractivity (Wildman–Crippen MR) is 152 cm³/mol. The Labute approximate surface area is 209 Å². The molecule has 0 fully saturated rings. The summed E-state index contributed by atoms with van der Waals surface area (Å²) in [5.74, 6) is 0. The van der Waals surface area contributed by atoms with E-state index in [-0.39, 0.29) is 0 Å². The summed E-state index contributed by atoms with van der Waals surface area (Å²) in [5.41, 5.74) is 24.9. The van der Waals surface area contributed by atoms with Gasteiger partial charge in [0, 0.05) is 0 Å². The van der Waals surface area contributed by atoms with E-state index in [2.05, 4.69) is 109 Å². The fourth-order valence-corrected chi connectivity index (χ4v) is 5.78. The SMILES string of the molecule is Cc1c(C)c(C)c(N(c2c(C)c(C)c(C)c(C)c2C)c2c(C)c(C)c(C)c(C)c2C)c(C)c1C. The molecule has 3 rings (SSSR count). The molecule has 0 bridgehead atoms. The number of anilines is 3. The summed E-state index contributed by atoms with van der Waals surface area (Å²) in [7, 11) is 0. The van der Waals surface area contributed by atoms with Crippen molar-refractivity contribution in [3.8, 4) is 0 Å². The van der Waals surface area contributed by atoms with Crippen LogP contribution in [-0.2, 0) is 0 Å². The van der Waals surface area contributed by atoms with Crippen molar-refractivity contribution in [1.29, 1.82) is 0 Å². The van der Waals surface area contributed by atoms with Crippen molar-refractivity contribution in [2.45, 2.75) is 104 Å². The molecule has 34 heavy (non-hydrogen) atoms. The quantitative estimate of drug-likeness (QED) is 0.380. The molecule has 1 nitrogen and oxygen atoms in total. The lowest BCUT2D eigenvalue weighted by atomic mass is 9.86. The molecular formula is C33H45N. The first-order valence-corrected chi connectivity index (χ1v) is 12.7. The predicted octanol–water partition coefficient (Wildman–Crippen LogP) is 9.78. The van der Waals surface area contributed by atoms with Gasteiger partial charge in [0.15, 0.2) is 0 Å². The second kappa shape index (κ2) is 8.91. The van der Waals surface area contributed by atoms with E-state index < -0.39 is 0 Å². The average Bonchev–Trinajstić information content (AvgIpc) is 2.81. The van der Waals surface area contributed by atoms with E-state index in [1.807, 2.05) is 0 Å². The van der Waals surface area contributed by atoms with Gasteiger partial charge in [-0.3, -0.25) is 0 Å². The van der Waals surface area contributed by atoms with E-state index in [1.54, 1.807) is 0 Å². The third-order valence-electron chi connectivity index (χ3n) is 9.55. The van der Waals surface area contributed by atoms with E-state index in [1.165, 1.54) is 101 Å². The van der Waals surface area contributed by atoms with Gasteiger partial charge in [-0.15, -0.1) is 0 Å². The Morgan fingerprint density at radius 3 is 0.471 bits per heavy atom. The molecule has 0 radical (unpaired) electrons. The first-order chi connectivity index (χ1) is 15.7. The van der Waals surface area contributed by atoms with Crippen molar-refractivity contribution in [3.05, 3.63) is 83.5 Å². The zero-order valence-electron chi connectivity index (χ0n) is 24.4. The molecule has 0 amide bonds. The highest BCUT2D eigenvalue weighted by molar-refractivity contribution is 5.89. The Balaban J connectivity index is 2.68. The van der Waals surface area contributed by atoms with Gasteiger partial charge in [-0.25, -0.2) is 0 Å². The lowest BCUT2D eigenvalue weighted by Crippen LogP contribution is -2.21. The van der Waals surface area contributed by atoms with Crippen LogP contribution >= 0.6 is 0 Å². The molecule has 3 aromatic rings. The van der Waals surface area contributed by atoms with Crippen LogP contribution in [0.25, 0.3) is 0 Å². The zero-order valence-corrected chi connectivity index (χ0v) is 24.4. The monoisotopic (exact) mass is 455 g/mol. The maximum absolute atomic E-state index is 2.64. The van der Waals surface area contributed by atoms with Gasteiger partial charge in [-0.1, -0.05) is 0 Å². The van der Waals surface area contributed by atoms with Gasteiger partial charge >= 0.3 is 0 Å². The first-order valence-electron chi connectivity index (χ1n) is 12.7. The van der Waals surface area contributed by atoms with Gasteiger partial charge in [-0.05, 0) is 187 Å². The second-order valence-corrected chi connectivity index (χ2v) is 10.8. The first kappa shape index (κ1) is 26.1. The number of benzene rings is 3. The van der Waals surface area contributed by atoms with E-state index in [0.29, 0.717) is 0 Å². The molecule has 0 saturated heterocycles. The van der Waals surface area contributed by atoms with Gasteiger partial charge in [0.2, 0.25) is 0 Å². The Hall–Kier alpha value is -2.54. The van der Waals surface area contributed by atoms with Crippen molar-refractivity contribution in [1.82, 2.24) is 0 Å². The molecule has 0 aliphatic carbocycles. The molecule has 0 atom stereocenters. The van der Waals surface area contributed by atoms with E-state index in [9.17, 15) is 0 Å². The Bertz CT molecular complexity index is 1080. The minimum atomic E-state index is 1.35.